The van der Waals surface area contributed by atoms with E-state index in [0.29, 0.717) is 24.4 Å². The van der Waals surface area contributed by atoms with Crippen LogP contribution in [0.3, 0.4) is 0 Å². The van der Waals surface area contributed by atoms with Gasteiger partial charge in [0, 0.05) is 32.1 Å². The second kappa shape index (κ2) is 21.5. The van der Waals surface area contributed by atoms with Crippen molar-refractivity contribution >= 4 is 40.9 Å². The first-order valence-electron chi connectivity index (χ1n) is 22.1. The van der Waals surface area contributed by atoms with Crippen molar-refractivity contribution in [3.8, 4) is 0 Å². The molecule has 2 aliphatic rings. The van der Waals surface area contributed by atoms with Gasteiger partial charge in [0.15, 0.2) is 47.3 Å². The molecular formula is C49H53N9O7. The number of likely N-dealkylation sites (N-methyl/N-ethyl adjacent to an activating group) is 1. The maximum absolute atomic E-state index is 13.9. The standard InChI is InChI=1S/C49H53N9O7/c1-2-50-45(59)41-40(64-47(60)35-22-12-5-13-23-35)42(65-48(61)36-24-14-6-15-25-36)46(63-41)58-32-54-39-43(52-30-37(33-18-8-3-9-19-33)34-20-10-4-11-21-34)55-38(56-44(39)58)31-53-49(62)51-26-29-57-27-16-7-17-28-57/h3-6,8-15,18-25,32,37,40-42,46H,2,7,16-17,26-31H2,1H3,(H,50,59)(H2,51,53,62)(H,52,55,56)/t40?,41-,42?,46?/m0/s1. The van der Waals surface area contributed by atoms with Crippen LogP contribution in [0.1, 0.15) is 76.0 Å². The third-order valence-electron chi connectivity index (χ3n) is 11.5. The number of urea groups is 1. The summed E-state index contributed by atoms with van der Waals surface area (Å²) >= 11 is 0. The largest absolute Gasteiger partial charge is 0.451 e. The summed E-state index contributed by atoms with van der Waals surface area (Å²) in [6, 6.07) is 36.5. The fourth-order valence-corrected chi connectivity index (χ4v) is 8.22. The normalized spacial score (nSPS) is 18.5. The molecule has 4 N–H and O–H groups in total. The van der Waals surface area contributed by atoms with E-state index in [0.717, 1.165) is 43.6 Å². The van der Waals surface area contributed by atoms with Crippen molar-refractivity contribution in [1.29, 1.82) is 0 Å². The molecule has 16 heteroatoms. The van der Waals surface area contributed by atoms with Crippen molar-refractivity contribution in [3.63, 3.8) is 0 Å². The number of carbonyl (C=O) groups excluding carboxylic acids is 4. The quantitative estimate of drug-likeness (QED) is 0.0803. The number of amides is 3. The van der Waals surface area contributed by atoms with E-state index in [4.69, 9.17) is 29.2 Å². The minimum absolute atomic E-state index is 0.0526. The van der Waals surface area contributed by atoms with Crippen LogP contribution in [0.25, 0.3) is 11.2 Å². The number of rotatable bonds is 17. The van der Waals surface area contributed by atoms with Gasteiger partial charge in [-0.15, -0.1) is 0 Å². The molecule has 2 fully saturated rings. The highest BCUT2D eigenvalue weighted by molar-refractivity contribution is 5.91. The Hall–Kier alpha value is -7.17. The highest BCUT2D eigenvalue weighted by Gasteiger charge is 2.54. The van der Waals surface area contributed by atoms with Crippen LogP contribution in [0.15, 0.2) is 128 Å². The summed E-state index contributed by atoms with van der Waals surface area (Å²) < 4.78 is 20.3. The highest BCUT2D eigenvalue weighted by Crippen LogP contribution is 2.38. The van der Waals surface area contributed by atoms with Crippen molar-refractivity contribution < 1.29 is 33.4 Å². The topological polar surface area (TPSA) is 191 Å². The molecule has 8 rings (SSSR count). The number of hydrogen-bond donors (Lipinski definition) is 4. The third kappa shape index (κ3) is 11.0. The zero-order chi connectivity index (χ0) is 45.0. The summed E-state index contributed by atoms with van der Waals surface area (Å²) in [4.78, 5) is 71.3. The third-order valence-corrected chi connectivity index (χ3v) is 11.5. The summed E-state index contributed by atoms with van der Waals surface area (Å²) in [6.07, 6.45) is -0.467. The van der Waals surface area contributed by atoms with E-state index < -0.39 is 42.4 Å². The number of ether oxygens (including phenoxy) is 3. The molecule has 4 atom stereocenters. The van der Waals surface area contributed by atoms with E-state index in [1.54, 1.807) is 72.2 Å². The Kier molecular flexibility index (Phi) is 14.7. The predicted molar refractivity (Wildman–Crippen MR) is 243 cm³/mol. The second-order valence-corrected chi connectivity index (χ2v) is 15.9. The summed E-state index contributed by atoms with van der Waals surface area (Å²) in [7, 11) is 0. The lowest BCUT2D eigenvalue weighted by Gasteiger charge is -2.26. The number of aromatic nitrogens is 4. The predicted octanol–water partition coefficient (Wildman–Crippen LogP) is 5.84. The van der Waals surface area contributed by atoms with Crippen LogP contribution >= 0.6 is 0 Å². The lowest BCUT2D eigenvalue weighted by molar-refractivity contribution is -0.137. The van der Waals surface area contributed by atoms with E-state index >= 15 is 0 Å². The summed E-state index contributed by atoms with van der Waals surface area (Å²) in [6.45, 7) is 5.64. The summed E-state index contributed by atoms with van der Waals surface area (Å²) in [5.74, 6) is -1.52. The number of fused-ring (bicyclic) bond motifs is 1. The molecule has 65 heavy (non-hydrogen) atoms. The van der Waals surface area contributed by atoms with Crippen LogP contribution in [-0.2, 0) is 25.5 Å². The molecule has 2 aliphatic heterocycles. The molecule has 3 amide bonds. The van der Waals surface area contributed by atoms with Crippen molar-refractivity contribution in [2.75, 3.05) is 44.6 Å². The van der Waals surface area contributed by atoms with Crippen molar-refractivity contribution in [3.05, 3.63) is 156 Å². The van der Waals surface area contributed by atoms with Crippen LogP contribution in [0, 0.1) is 0 Å². The number of nitrogens with one attached hydrogen (secondary N) is 4. The Morgan fingerprint density at radius 1 is 0.723 bits per heavy atom. The van der Waals surface area contributed by atoms with Gasteiger partial charge in [0.1, 0.15) is 0 Å². The number of piperidine rings is 1. The van der Waals surface area contributed by atoms with Gasteiger partial charge in [-0.2, -0.15) is 0 Å². The molecule has 0 aliphatic carbocycles. The highest BCUT2D eigenvalue weighted by atomic mass is 16.6. The molecule has 336 valence electrons. The summed E-state index contributed by atoms with van der Waals surface area (Å²) in [5.41, 5.74) is 3.22. The number of carbonyl (C=O) groups is 4. The van der Waals surface area contributed by atoms with Crippen molar-refractivity contribution in [2.24, 2.45) is 0 Å². The Morgan fingerprint density at radius 3 is 1.91 bits per heavy atom. The average Bonchev–Trinajstić information content (AvgIpc) is 3.93. The van der Waals surface area contributed by atoms with Gasteiger partial charge in [0.2, 0.25) is 0 Å². The Bertz CT molecular complexity index is 2480. The van der Waals surface area contributed by atoms with E-state index in [1.165, 1.54) is 12.7 Å². The van der Waals surface area contributed by atoms with Crippen LogP contribution < -0.4 is 21.3 Å². The number of hydrogen-bond acceptors (Lipinski definition) is 12. The SMILES string of the molecule is CCNC(=O)[C@H]1OC(n2cnc3c(NCC(c4ccccc4)c4ccccc4)nc(CNC(=O)NCCN4CCCCC4)nc32)C(OC(=O)c2ccccc2)C1OC(=O)c1ccccc1. The van der Waals surface area contributed by atoms with Gasteiger partial charge < -0.3 is 40.4 Å². The van der Waals surface area contributed by atoms with Gasteiger partial charge in [-0.05, 0) is 68.2 Å². The fourth-order valence-electron chi connectivity index (χ4n) is 8.22. The molecular weight excluding hydrogens is 827 g/mol. The minimum Gasteiger partial charge on any atom is -0.451 e. The second-order valence-electron chi connectivity index (χ2n) is 15.9. The van der Waals surface area contributed by atoms with Gasteiger partial charge in [-0.3, -0.25) is 9.36 Å². The Labute approximate surface area is 377 Å². The number of likely N-dealkylation sites (tertiary alicyclic amines) is 1. The maximum atomic E-state index is 13.9. The van der Waals surface area contributed by atoms with Crippen molar-refractivity contribution in [2.45, 2.75) is 63.2 Å². The van der Waals surface area contributed by atoms with E-state index in [2.05, 4.69) is 50.4 Å². The molecule has 16 nitrogen and oxygen atoms in total. The van der Waals surface area contributed by atoms with E-state index in [9.17, 15) is 19.2 Å². The van der Waals surface area contributed by atoms with Gasteiger partial charge in [-0.1, -0.05) is 103 Å². The number of imidazole rings is 1. The Morgan fingerprint density at radius 2 is 1.31 bits per heavy atom. The van der Waals surface area contributed by atoms with Crippen LogP contribution in [0.4, 0.5) is 10.6 Å². The number of nitrogens with zero attached hydrogens (tertiary/aromatic N) is 5. The molecule has 6 aromatic rings. The number of benzene rings is 4. The molecule has 0 saturated carbocycles. The van der Waals surface area contributed by atoms with Gasteiger partial charge in [0.05, 0.1) is 24.0 Å². The lowest BCUT2D eigenvalue weighted by atomic mass is 9.91. The smallest absolute Gasteiger partial charge is 0.338 e. The first kappa shape index (κ1) is 44.4. The summed E-state index contributed by atoms with van der Waals surface area (Å²) in [5, 5.41) is 12.1. The minimum atomic E-state index is -1.41. The molecule has 2 aromatic heterocycles. The monoisotopic (exact) mass is 879 g/mol. The van der Waals surface area contributed by atoms with Gasteiger partial charge in [-0.25, -0.2) is 29.3 Å². The lowest BCUT2D eigenvalue weighted by Crippen LogP contribution is -2.46. The van der Waals surface area contributed by atoms with Crippen LogP contribution in [0.5, 0.6) is 0 Å². The molecule has 0 spiro atoms. The van der Waals surface area contributed by atoms with E-state index in [-0.39, 0.29) is 47.6 Å². The zero-order valence-electron chi connectivity index (χ0n) is 36.2. The van der Waals surface area contributed by atoms with Crippen LogP contribution in [-0.4, -0.2) is 106 Å². The molecule has 3 unspecified atom stereocenters. The molecule has 0 bridgehead atoms. The first-order valence-corrected chi connectivity index (χ1v) is 22.1. The molecule has 4 aromatic carbocycles. The first-order chi connectivity index (χ1) is 31.9. The van der Waals surface area contributed by atoms with Crippen molar-refractivity contribution in [1.82, 2.24) is 40.4 Å². The number of esters is 2. The molecule has 4 heterocycles. The molecule has 0 radical (unpaired) electrons. The molecule has 2 saturated heterocycles. The zero-order valence-corrected chi connectivity index (χ0v) is 36.2. The van der Waals surface area contributed by atoms with E-state index in [1.807, 2.05) is 36.4 Å². The van der Waals surface area contributed by atoms with Crippen LogP contribution in [0.2, 0.25) is 0 Å². The number of anilines is 1. The fraction of sp³-hybridized carbons (Fsp3) is 0.327. The maximum Gasteiger partial charge on any atom is 0.338 e. The van der Waals surface area contributed by atoms with Gasteiger partial charge in [0.25, 0.3) is 5.91 Å². The van der Waals surface area contributed by atoms with Gasteiger partial charge >= 0.3 is 18.0 Å². The average molecular weight is 880 g/mol. The Balaban J connectivity index is 1.15.